The number of para-hydroxylation sites is 1. The van der Waals surface area contributed by atoms with Crippen molar-refractivity contribution in [2.75, 3.05) is 36.5 Å². The van der Waals surface area contributed by atoms with E-state index >= 15 is 0 Å². The maximum absolute atomic E-state index is 14.3. The predicted molar refractivity (Wildman–Crippen MR) is 178 cm³/mol. The number of aromatic amines is 1. The lowest BCUT2D eigenvalue weighted by molar-refractivity contribution is 0.256. The Kier molecular flexibility index (Phi) is 11.0. The minimum Gasteiger partial charge on any atom is -0.492 e. The summed E-state index contributed by atoms with van der Waals surface area (Å²) in [5.74, 6) is 1.11. The van der Waals surface area contributed by atoms with Crippen molar-refractivity contribution in [3.63, 3.8) is 0 Å². The quantitative estimate of drug-likeness (QED) is 0.140. The molecule has 0 aliphatic carbocycles. The van der Waals surface area contributed by atoms with Crippen LogP contribution in [-0.2, 0) is 0 Å². The van der Waals surface area contributed by atoms with E-state index in [9.17, 15) is 9.59 Å². The molecular weight excluding hydrogens is 538 g/mol. The van der Waals surface area contributed by atoms with Crippen LogP contribution in [0.4, 0.5) is 16.2 Å². The molecule has 0 aliphatic heterocycles. The van der Waals surface area contributed by atoms with Crippen molar-refractivity contribution in [3.05, 3.63) is 82.3 Å². The number of carbonyl (C=O) groups is 1. The Morgan fingerprint density at radius 3 is 2.40 bits per heavy atom. The summed E-state index contributed by atoms with van der Waals surface area (Å²) in [7, 11) is 0. The molecule has 2 aromatic carbocycles. The second kappa shape index (κ2) is 14.8. The number of fused-ring (bicyclic) bond motifs is 1. The lowest BCUT2D eigenvalue weighted by atomic mass is 9.92. The number of amides is 2. The zero-order valence-electron chi connectivity index (χ0n) is 26.3. The molecule has 0 radical (unpaired) electrons. The van der Waals surface area contributed by atoms with E-state index in [0.717, 1.165) is 53.7 Å². The van der Waals surface area contributed by atoms with Gasteiger partial charge < -0.3 is 20.4 Å². The van der Waals surface area contributed by atoms with Crippen LogP contribution < -0.4 is 25.8 Å². The van der Waals surface area contributed by atoms with Crippen LogP contribution in [0.15, 0.2) is 65.6 Å². The molecule has 228 valence electrons. The standard InChI is InChI=1S/C35H45N5O3/c1-7-9-20-40(35(42)38-31-27(23(3)4)15-11-16-28(31)24(5)6)32-30(29-17-12-18-37-33(29)39-34(32)41)25-13-10-14-26(22-25)43-21-19-36-8-2/h10-18,22-24,36H,7-9,19-21H2,1-6H3,(H,38,42)(H,37,39,41). The van der Waals surface area contributed by atoms with Gasteiger partial charge in [0.1, 0.15) is 23.7 Å². The number of H-pyrrole nitrogens is 1. The van der Waals surface area contributed by atoms with Gasteiger partial charge in [-0.2, -0.15) is 0 Å². The Hall–Kier alpha value is -4.17. The monoisotopic (exact) mass is 583 g/mol. The fourth-order valence-corrected chi connectivity index (χ4v) is 5.32. The molecule has 0 fully saturated rings. The largest absolute Gasteiger partial charge is 0.492 e. The summed E-state index contributed by atoms with van der Waals surface area (Å²) in [6.07, 6.45) is 3.24. The van der Waals surface area contributed by atoms with Crippen molar-refractivity contribution in [1.29, 1.82) is 0 Å². The Balaban J connectivity index is 1.88. The van der Waals surface area contributed by atoms with E-state index in [1.54, 1.807) is 11.1 Å². The van der Waals surface area contributed by atoms with Gasteiger partial charge in [0.15, 0.2) is 0 Å². The molecule has 4 aromatic rings. The molecule has 4 rings (SSSR count). The Morgan fingerprint density at radius 1 is 1.00 bits per heavy atom. The molecule has 0 spiro atoms. The summed E-state index contributed by atoms with van der Waals surface area (Å²) < 4.78 is 6.02. The molecule has 2 aromatic heterocycles. The number of hydrogen-bond donors (Lipinski definition) is 3. The molecule has 0 bridgehead atoms. The number of nitrogens with zero attached hydrogens (tertiary/aromatic N) is 2. The summed E-state index contributed by atoms with van der Waals surface area (Å²) in [4.78, 5) is 37.2. The fraction of sp³-hybridized carbons (Fsp3) is 0.400. The highest BCUT2D eigenvalue weighted by Gasteiger charge is 2.27. The highest BCUT2D eigenvalue weighted by Crippen LogP contribution is 2.37. The average molecular weight is 584 g/mol. The molecule has 0 unspecified atom stereocenters. The van der Waals surface area contributed by atoms with Crippen LogP contribution in [0, 0.1) is 0 Å². The number of urea groups is 1. The average Bonchev–Trinajstić information content (AvgIpc) is 2.99. The first-order chi connectivity index (χ1) is 20.8. The van der Waals surface area contributed by atoms with Crippen LogP contribution in [0.2, 0.25) is 0 Å². The summed E-state index contributed by atoms with van der Waals surface area (Å²) >= 11 is 0. The van der Waals surface area contributed by atoms with Gasteiger partial charge in [-0.25, -0.2) is 9.78 Å². The second-order valence-electron chi connectivity index (χ2n) is 11.4. The van der Waals surface area contributed by atoms with E-state index in [-0.39, 0.29) is 23.4 Å². The minimum absolute atomic E-state index is 0.207. The van der Waals surface area contributed by atoms with E-state index in [4.69, 9.17) is 4.74 Å². The first-order valence-corrected chi connectivity index (χ1v) is 15.4. The van der Waals surface area contributed by atoms with Gasteiger partial charge in [-0.1, -0.05) is 78.3 Å². The number of aromatic nitrogens is 2. The maximum Gasteiger partial charge on any atom is 0.326 e. The fourth-order valence-electron chi connectivity index (χ4n) is 5.32. The van der Waals surface area contributed by atoms with Gasteiger partial charge in [-0.3, -0.25) is 9.69 Å². The van der Waals surface area contributed by atoms with Crippen molar-refractivity contribution >= 4 is 28.4 Å². The SMILES string of the molecule is CCCCN(C(=O)Nc1c(C(C)C)cccc1C(C)C)c1c(-c2cccc(OCCNCC)c2)c2cccnc2[nH]c1=O. The highest BCUT2D eigenvalue weighted by molar-refractivity contribution is 6.09. The Labute approximate surface area is 254 Å². The molecule has 3 N–H and O–H groups in total. The van der Waals surface area contributed by atoms with Gasteiger partial charge in [0.2, 0.25) is 0 Å². The van der Waals surface area contributed by atoms with Crippen LogP contribution in [0.25, 0.3) is 22.2 Å². The summed E-state index contributed by atoms with van der Waals surface area (Å²) in [6.45, 7) is 15.1. The summed E-state index contributed by atoms with van der Waals surface area (Å²) in [5, 5.41) is 7.26. The van der Waals surface area contributed by atoms with Gasteiger partial charge in [-0.15, -0.1) is 0 Å². The predicted octanol–water partition coefficient (Wildman–Crippen LogP) is 7.66. The molecule has 8 heteroatoms. The Morgan fingerprint density at radius 2 is 1.72 bits per heavy atom. The van der Waals surface area contributed by atoms with Gasteiger partial charge in [0, 0.05) is 35.9 Å². The maximum atomic E-state index is 14.3. The van der Waals surface area contributed by atoms with Gasteiger partial charge in [-0.05, 0) is 65.8 Å². The molecule has 0 aliphatic rings. The van der Waals surface area contributed by atoms with Crippen LogP contribution in [0.3, 0.4) is 0 Å². The number of ether oxygens (including phenoxy) is 1. The molecule has 0 saturated heterocycles. The Bertz CT molecular complexity index is 1570. The zero-order valence-corrected chi connectivity index (χ0v) is 26.3. The van der Waals surface area contributed by atoms with Crippen LogP contribution in [0.5, 0.6) is 5.75 Å². The topological polar surface area (TPSA) is 99.3 Å². The van der Waals surface area contributed by atoms with Crippen LogP contribution >= 0.6 is 0 Å². The minimum atomic E-state index is -0.368. The van der Waals surface area contributed by atoms with Crippen molar-refractivity contribution < 1.29 is 9.53 Å². The third-order valence-corrected chi connectivity index (χ3v) is 7.54. The highest BCUT2D eigenvalue weighted by atomic mass is 16.5. The summed E-state index contributed by atoms with van der Waals surface area (Å²) in [5.41, 5.74) is 4.76. The third kappa shape index (κ3) is 7.43. The number of nitrogens with one attached hydrogen (secondary N) is 3. The number of pyridine rings is 2. The van der Waals surface area contributed by atoms with Gasteiger partial charge >= 0.3 is 6.03 Å². The summed E-state index contributed by atoms with van der Waals surface area (Å²) in [6, 6.07) is 17.3. The number of likely N-dealkylation sites (N-methyl/N-ethyl adjacent to an activating group) is 1. The first kappa shape index (κ1) is 31.8. The normalized spacial score (nSPS) is 11.3. The number of unbranched alkanes of at least 4 members (excludes halogenated alkanes) is 1. The van der Waals surface area contributed by atoms with E-state index < -0.39 is 0 Å². The van der Waals surface area contributed by atoms with E-state index in [0.29, 0.717) is 35.8 Å². The van der Waals surface area contributed by atoms with Gasteiger partial charge in [0.05, 0.1) is 0 Å². The van der Waals surface area contributed by atoms with E-state index in [1.807, 2.05) is 42.5 Å². The molecule has 8 nitrogen and oxygen atoms in total. The van der Waals surface area contributed by atoms with Crippen molar-refractivity contribution in [1.82, 2.24) is 15.3 Å². The number of benzene rings is 2. The second-order valence-corrected chi connectivity index (χ2v) is 11.4. The van der Waals surface area contributed by atoms with E-state index in [1.165, 1.54) is 0 Å². The lowest BCUT2D eigenvalue weighted by Gasteiger charge is -2.28. The number of hydrogen-bond acceptors (Lipinski definition) is 5. The smallest absolute Gasteiger partial charge is 0.326 e. The van der Waals surface area contributed by atoms with Gasteiger partial charge in [0.25, 0.3) is 5.56 Å². The third-order valence-electron chi connectivity index (χ3n) is 7.54. The van der Waals surface area contributed by atoms with Crippen molar-refractivity contribution in [2.45, 2.75) is 66.2 Å². The van der Waals surface area contributed by atoms with Crippen molar-refractivity contribution in [2.24, 2.45) is 0 Å². The first-order valence-electron chi connectivity index (χ1n) is 15.4. The lowest BCUT2D eigenvalue weighted by Crippen LogP contribution is -2.40. The van der Waals surface area contributed by atoms with E-state index in [2.05, 4.69) is 74.3 Å². The van der Waals surface area contributed by atoms with Crippen LogP contribution in [-0.4, -0.2) is 42.2 Å². The van der Waals surface area contributed by atoms with Crippen molar-refractivity contribution in [3.8, 4) is 16.9 Å². The molecule has 43 heavy (non-hydrogen) atoms. The molecule has 2 heterocycles. The number of rotatable bonds is 13. The zero-order chi connectivity index (χ0) is 30.9. The molecule has 0 saturated carbocycles. The molecule has 2 amide bonds. The molecular formula is C35H45N5O3. The van der Waals surface area contributed by atoms with Crippen LogP contribution in [0.1, 0.15) is 77.3 Å². The molecule has 0 atom stereocenters. The number of anilines is 2. The number of carbonyl (C=O) groups excluding carboxylic acids is 1.